The average Bonchev–Trinajstić information content (AvgIpc) is 2.97. The molecule has 1 heterocycles. The molecule has 1 unspecified atom stereocenters. The number of hydrogen-bond acceptors (Lipinski definition) is 4. The Kier molecular flexibility index (Phi) is 4.33. The Balaban J connectivity index is 2.18. The van der Waals surface area contributed by atoms with Crippen molar-refractivity contribution < 1.29 is 4.74 Å². The molecule has 0 saturated heterocycles. The van der Waals surface area contributed by atoms with E-state index in [1.807, 2.05) is 0 Å². The zero-order valence-corrected chi connectivity index (χ0v) is 13.6. The van der Waals surface area contributed by atoms with Gasteiger partial charge in [0.15, 0.2) is 0 Å². The minimum absolute atomic E-state index is 0.0503. The molecule has 1 aromatic heterocycles. The van der Waals surface area contributed by atoms with Gasteiger partial charge >= 0.3 is 0 Å². The summed E-state index contributed by atoms with van der Waals surface area (Å²) in [7, 11) is 1.76. The van der Waals surface area contributed by atoms with Crippen LogP contribution >= 0.6 is 11.3 Å². The van der Waals surface area contributed by atoms with Crippen LogP contribution in [0, 0.1) is 0 Å². The van der Waals surface area contributed by atoms with Crippen LogP contribution in [0.25, 0.3) is 0 Å². The molecule has 0 spiro atoms. The largest absolute Gasteiger partial charge is 0.385 e. The lowest BCUT2D eigenvalue weighted by Crippen LogP contribution is -2.42. The van der Waals surface area contributed by atoms with Gasteiger partial charge in [0.2, 0.25) is 0 Å². The van der Waals surface area contributed by atoms with Gasteiger partial charge in [-0.2, -0.15) is 0 Å². The molecule has 0 amide bonds. The van der Waals surface area contributed by atoms with Gasteiger partial charge in [0.25, 0.3) is 0 Å². The minimum atomic E-state index is -0.0503. The summed E-state index contributed by atoms with van der Waals surface area (Å²) >= 11 is 1.77. The summed E-state index contributed by atoms with van der Waals surface area (Å²) < 4.78 is 5.27. The Bertz CT molecular complexity index is 420. The van der Waals surface area contributed by atoms with Crippen LogP contribution < -0.4 is 5.32 Å². The fraction of sp³-hybridized carbons (Fsp3) is 0.800. The van der Waals surface area contributed by atoms with Crippen molar-refractivity contribution >= 4 is 11.3 Å². The van der Waals surface area contributed by atoms with Crippen LogP contribution in [0.3, 0.4) is 0 Å². The van der Waals surface area contributed by atoms with E-state index >= 15 is 0 Å². The van der Waals surface area contributed by atoms with Crippen molar-refractivity contribution in [1.82, 2.24) is 10.3 Å². The van der Waals surface area contributed by atoms with Gasteiger partial charge < -0.3 is 10.1 Å². The number of thiazole rings is 1. The monoisotopic (exact) mass is 282 g/mol. The number of rotatable bonds is 6. The van der Waals surface area contributed by atoms with Crippen molar-refractivity contribution in [3.8, 4) is 0 Å². The highest BCUT2D eigenvalue weighted by molar-refractivity contribution is 7.09. The van der Waals surface area contributed by atoms with Gasteiger partial charge in [0, 0.05) is 30.6 Å². The van der Waals surface area contributed by atoms with Gasteiger partial charge in [-0.1, -0.05) is 20.8 Å². The van der Waals surface area contributed by atoms with Crippen LogP contribution in [0.2, 0.25) is 0 Å². The molecule has 0 aromatic carbocycles. The molecular weight excluding hydrogens is 256 g/mol. The van der Waals surface area contributed by atoms with E-state index in [1.54, 1.807) is 18.4 Å². The van der Waals surface area contributed by atoms with Crippen LogP contribution in [-0.4, -0.2) is 24.7 Å². The molecule has 19 heavy (non-hydrogen) atoms. The number of nitrogens with zero attached hydrogens (tertiary/aromatic N) is 1. The normalized spacial score (nSPS) is 19.4. The molecule has 1 aliphatic carbocycles. The number of nitrogens with one attached hydrogen (secondary N) is 1. The van der Waals surface area contributed by atoms with Gasteiger partial charge in [-0.3, -0.25) is 0 Å². The SMILES string of the molecule is COCCC(C)(NC1CC1)c1nc(C(C)(C)C)cs1. The second-order valence-electron chi connectivity index (χ2n) is 6.78. The van der Waals surface area contributed by atoms with Gasteiger partial charge in [0.1, 0.15) is 5.01 Å². The van der Waals surface area contributed by atoms with Crippen LogP contribution in [-0.2, 0) is 15.7 Å². The highest BCUT2D eigenvalue weighted by atomic mass is 32.1. The Morgan fingerprint density at radius 3 is 2.53 bits per heavy atom. The molecule has 1 aliphatic rings. The van der Waals surface area contributed by atoms with Crippen LogP contribution in [0.1, 0.15) is 57.7 Å². The first-order valence-electron chi connectivity index (χ1n) is 7.08. The summed E-state index contributed by atoms with van der Waals surface area (Å²) in [5.41, 5.74) is 1.26. The molecule has 108 valence electrons. The van der Waals surface area contributed by atoms with E-state index in [0.717, 1.165) is 13.0 Å². The van der Waals surface area contributed by atoms with Crippen molar-refractivity contribution in [3.05, 3.63) is 16.1 Å². The van der Waals surface area contributed by atoms with Crippen LogP contribution in [0.4, 0.5) is 0 Å². The number of hydrogen-bond donors (Lipinski definition) is 1. The Morgan fingerprint density at radius 1 is 1.37 bits per heavy atom. The van der Waals surface area contributed by atoms with E-state index in [0.29, 0.717) is 6.04 Å². The molecule has 0 bridgehead atoms. The van der Waals surface area contributed by atoms with Gasteiger partial charge in [0.05, 0.1) is 11.2 Å². The lowest BCUT2D eigenvalue weighted by molar-refractivity contribution is 0.158. The fourth-order valence-electron chi connectivity index (χ4n) is 2.10. The molecule has 2 rings (SSSR count). The molecule has 0 aliphatic heterocycles. The maximum absolute atomic E-state index is 5.27. The zero-order chi connectivity index (χ0) is 14.1. The first-order chi connectivity index (χ1) is 8.85. The topological polar surface area (TPSA) is 34.1 Å². The Hall–Kier alpha value is -0.450. The second kappa shape index (κ2) is 5.51. The number of methoxy groups -OCH3 is 1. The predicted octanol–water partition coefficient (Wildman–Crippen LogP) is 3.44. The summed E-state index contributed by atoms with van der Waals surface area (Å²) in [6, 6.07) is 0.670. The molecule has 0 radical (unpaired) electrons. The van der Waals surface area contributed by atoms with E-state index in [4.69, 9.17) is 9.72 Å². The third-order valence-corrected chi connectivity index (χ3v) is 4.76. The van der Waals surface area contributed by atoms with Crippen molar-refractivity contribution in [1.29, 1.82) is 0 Å². The van der Waals surface area contributed by atoms with E-state index in [1.165, 1.54) is 23.5 Å². The first-order valence-corrected chi connectivity index (χ1v) is 7.96. The summed E-state index contributed by atoms with van der Waals surface area (Å²) in [5, 5.41) is 7.15. The second-order valence-corrected chi connectivity index (χ2v) is 7.64. The number of ether oxygens (including phenoxy) is 1. The molecule has 1 N–H and O–H groups in total. The van der Waals surface area contributed by atoms with Gasteiger partial charge in [-0.15, -0.1) is 11.3 Å². The smallest absolute Gasteiger partial charge is 0.113 e. The molecule has 1 aromatic rings. The molecule has 1 atom stereocenters. The van der Waals surface area contributed by atoms with E-state index in [-0.39, 0.29) is 11.0 Å². The minimum Gasteiger partial charge on any atom is -0.385 e. The highest BCUT2D eigenvalue weighted by Crippen LogP contribution is 2.34. The lowest BCUT2D eigenvalue weighted by atomic mass is 9.93. The maximum Gasteiger partial charge on any atom is 0.113 e. The molecule has 1 saturated carbocycles. The summed E-state index contributed by atoms with van der Waals surface area (Å²) in [6.45, 7) is 9.67. The van der Waals surface area contributed by atoms with E-state index in [9.17, 15) is 0 Å². The fourth-order valence-corrected chi connectivity index (χ4v) is 3.30. The van der Waals surface area contributed by atoms with Crippen LogP contribution in [0.5, 0.6) is 0 Å². The molecule has 4 heteroatoms. The quantitative estimate of drug-likeness (QED) is 0.868. The predicted molar refractivity (Wildman–Crippen MR) is 80.8 cm³/mol. The summed E-state index contributed by atoms with van der Waals surface area (Å²) in [4.78, 5) is 4.89. The molecule has 3 nitrogen and oxygen atoms in total. The van der Waals surface area contributed by atoms with E-state index < -0.39 is 0 Å². The zero-order valence-electron chi connectivity index (χ0n) is 12.7. The van der Waals surface area contributed by atoms with Crippen molar-refractivity contribution in [2.24, 2.45) is 0 Å². The lowest BCUT2D eigenvalue weighted by Gasteiger charge is -2.29. The average molecular weight is 282 g/mol. The van der Waals surface area contributed by atoms with Crippen molar-refractivity contribution in [3.63, 3.8) is 0 Å². The molecule has 1 fully saturated rings. The third-order valence-electron chi connectivity index (χ3n) is 3.65. The Labute approximate surface area is 120 Å². The Morgan fingerprint density at radius 2 is 2.05 bits per heavy atom. The van der Waals surface area contributed by atoms with Gasteiger partial charge in [-0.05, 0) is 26.2 Å². The molecular formula is C15H26N2OS. The summed E-state index contributed by atoms with van der Waals surface area (Å²) in [6.07, 6.45) is 3.55. The third kappa shape index (κ3) is 3.77. The standard InChI is InChI=1S/C15H26N2OS/c1-14(2,3)12-10-19-13(16-12)15(4,8-9-18-5)17-11-6-7-11/h10-11,17H,6-9H2,1-5H3. The van der Waals surface area contributed by atoms with Crippen LogP contribution in [0.15, 0.2) is 5.38 Å². The maximum atomic E-state index is 5.27. The highest BCUT2D eigenvalue weighted by Gasteiger charge is 2.36. The van der Waals surface area contributed by atoms with Crippen molar-refractivity contribution in [2.45, 2.75) is 64.0 Å². The van der Waals surface area contributed by atoms with Gasteiger partial charge in [-0.25, -0.2) is 4.98 Å². The summed E-state index contributed by atoms with van der Waals surface area (Å²) in [5.74, 6) is 0. The van der Waals surface area contributed by atoms with Crippen molar-refractivity contribution in [2.75, 3.05) is 13.7 Å². The first kappa shape index (κ1) is 14.9. The number of aromatic nitrogens is 1. The van der Waals surface area contributed by atoms with E-state index in [2.05, 4.69) is 38.4 Å².